The molecule has 0 aliphatic rings. The summed E-state index contributed by atoms with van der Waals surface area (Å²) >= 11 is 5.89. The predicted octanol–water partition coefficient (Wildman–Crippen LogP) is 3.71. The molecule has 33 heavy (non-hydrogen) atoms. The highest BCUT2D eigenvalue weighted by Crippen LogP contribution is 2.16. The first-order chi connectivity index (χ1) is 15.9. The van der Waals surface area contributed by atoms with Crippen LogP contribution in [0.4, 0.5) is 5.69 Å². The molecule has 0 atom stereocenters. The van der Waals surface area contributed by atoms with Gasteiger partial charge in [-0.2, -0.15) is 10.4 Å². The number of amides is 2. The fourth-order valence-corrected chi connectivity index (χ4v) is 2.83. The second kappa shape index (κ2) is 11.2. The molecule has 8 nitrogen and oxygen atoms in total. The summed E-state index contributed by atoms with van der Waals surface area (Å²) in [6, 6.07) is 21.4. The number of nitrogens with zero attached hydrogens (tertiary/aromatic N) is 2. The highest BCUT2D eigenvalue weighted by atomic mass is 35.5. The van der Waals surface area contributed by atoms with E-state index >= 15 is 0 Å². The van der Waals surface area contributed by atoms with E-state index in [1.54, 1.807) is 66.7 Å². The molecule has 164 valence electrons. The number of hydrogen-bond donors (Lipinski definition) is 2. The molecule has 0 radical (unpaired) electrons. The SMILES string of the molecule is N#CCc1ccc(NC(=O)C(=O)N/N=C/c2cccc(OC(=O)c3cccc(Cl)c3)c2)cc1. The standard InChI is InChI=1S/C24H17ClN4O4/c25-19-5-2-4-18(14-19)24(32)33-21-6-1-3-17(13-21)15-27-29-23(31)22(30)28-20-9-7-16(8-10-20)11-12-26/h1-10,13-15H,11H2,(H,28,30)(H,29,31)/b27-15+. The number of nitrogens with one attached hydrogen (secondary N) is 2. The molecule has 3 aromatic rings. The molecule has 0 spiro atoms. The van der Waals surface area contributed by atoms with Crippen molar-refractivity contribution < 1.29 is 19.1 Å². The first-order valence-electron chi connectivity index (χ1n) is 9.62. The van der Waals surface area contributed by atoms with E-state index in [0.717, 1.165) is 5.56 Å². The molecule has 9 heteroatoms. The predicted molar refractivity (Wildman–Crippen MR) is 123 cm³/mol. The highest BCUT2D eigenvalue weighted by Gasteiger charge is 2.13. The van der Waals surface area contributed by atoms with E-state index in [1.165, 1.54) is 12.3 Å². The van der Waals surface area contributed by atoms with E-state index in [4.69, 9.17) is 21.6 Å². The van der Waals surface area contributed by atoms with Crippen molar-refractivity contribution in [3.63, 3.8) is 0 Å². The van der Waals surface area contributed by atoms with Crippen LogP contribution < -0.4 is 15.5 Å². The van der Waals surface area contributed by atoms with Crippen LogP contribution in [0.25, 0.3) is 0 Å². The number of hydrogen-bond acceptors (Lipinski definition) is 6. The normalized spacial score (nSPS) is 10.3. The number of anilines is 1. The average Bonchev–Trinajstić information content (AvgIpc) is 2.80. The first-order valence-corrected chi connectivity index (χ1v) is 10.0. The minimum absolute atomic E-state index is 0.254. The lowest BCUT2D eigenvalue weighted by Crippen LogP contribution is -2.32. The Balaban J connectivity index is 1.54. The van der Waals surface area contributed by atoms with E-state index < -0.39 is 17.8 Å². The third kappa shape index (κ3) is 7.02. The monoisotopic (exact) mass is 460 g/mol. The Morgan fingerprint density at radius 2 is 1.76 bits per heavy atom. The molecular formula is C24H17ClN4O4. The zero-order valence-corrected chi connectivity index (χ0v) is 17.9. The number of benzene rings is 3. The lowest BCUT2D eigenvalue weighted by molar-refractivity contribution is -0.136. The number of ether oxygens (including phenoxy) is 1. The largest absolute Gasteiger partial charge is 0.423 e. The van der Waals surface area contributed by atoms with E-state index in [0.29, 0.717) is 21.8 Å². The zero-order chi connectivity index (χ0) is 23.6. The van der Waals surface area contributed by atoms with Crippen LogP contribution >= 0.6 is 11.6 Å². The lowest BCUT2D eigenvalue weighted by Gasteiger charge is -2.06. The van der Waals surface area contributed by atoms with Crippen LogP contribution in [0.1, 0.15) is 21.5 Å². The van der Waals surface area contributed by atoms with Crippen molar-refractivity contribution in [1.29, 1.82) is 5.26 Å². The molecule has 0 unspecified atom stereocenters. The summed E-state index contributed by atoms with van der Waals surface area (Å²) in [5, 5.41) is 15.3. The van der Waals surface area contributed by atoms with Crippen LogP contribution in [0.3, 0.4) is 0 Å². The van der Waals surface area contributed by atoms with Gasteiger partial charge < -0.3 is 10.1 Å². The smallest absolute Gasteiger partial charge is 0.343 e. The number of carbonyl (C=O) groups is 3. The second-order valence-electron chi connectivity index (χ2n) is 6.66. The number of halogens is 1. The molecule has 0 heterocycles. The van der Waals surface area contributed by atoms with Crippen LogP contribution in [0.15, 0.2) is 77.9 Å². The van der Waals surface area contributed by atoms with Gasteiger partial charge in [0.25, 0.3) is 0 Å². The van der Waals surface area contributed by atoms with Crippen molar-refractivity contribution in [2.45, 2.75) is 6.42 Å². The van der Waals surface area contributed by atoms with Gasteiger partial charge in [-0.3, -0.25) is 9.59 Å². The summed E-state index contributed by atoms with van der Waals surface area (Å²) < 4.78 is 5.32. The van der Waals surface area contributed by atoms with Gasteiger partial charge in [0, 0.05) is 10.7 Å². The molecule has 0 aliphatic carbocycles. The maximum atomic E-state index is 12.2. The van der Waals surface area contributed by atoms with Crippen molar-refractivity contribution >= 4 is 41.3 Å². The summed E-state index contributed by atoms with van der Waals surface area (Å²) in [4.78, 5) is 36.2. The van der Waals surface area contributed by atoms with Gasteiger partial charge in [0.05, 0.1) is 24.3 Å². The molecule has 0 aromatic heterocycles. The van der Waals surface area contributed by atoms with Crippen LogP contribution in [-0.4, -0.2) is 24.0 Å². The topological polar surface area (TPSA) is 121 Å². The van der Waals surface area contributed by atoms with Gasteiger partial charge in [0.2, 0.25) is 0 Å². The summed E-state index contributed by atoms with van der Waals surface area (Å²) in [6.07, 6.45) is 1.56. The maximum Gasteiger partial charge on any atom is 0.343 e. The molecule has 0 saturated carbocycles. The van der Waals surface area contributed by atoms with Crippen LogP contribution in [-0.2, 0) is 16.0 Å². The van der Waals surface area contributed by atoms with Gasteiger partial charge in [-0.05, 0) is 53.6 Å². The average molecular weight is 461 g/mol. The Bertz CT molecular complexity index is 1250. The Kier molecular flexibility index (Phi) is 7.89. The van der Waals surface area contributed by atoms with Gasteiger partial charge >= 0.3 is 17.8 Å². The molecular weight excluding hydrogens is 444 g/mol. The van der Waals surface area contributed by atoms with Crippen molar-refractivity contribution in [1.82, 2.24) is 5.43 Å². The fourth-order valence-electron chi connectivity index (χ4n) is 2.64. The van der Waals surface area contributed by atoms with Gasteiger partial charge in [-0.25, -0.2) is 10.2 Å². The van der Waals surface area contributed by atoms with Gasteiger partial charge in [0.15, 0.2) is 0 Å². The van der Waals surface area contributed by atoms with Crippen LogP contribution in [0.5, 0.6) is 5.75 Å². The van der Waals surface area contributed by atoms with Crippen molar-refractivity contribution in [3.05, 3.63) is 94.5 Å². The van der Waals surface area contributed by atoms with E-state index in [9.17, 15) is 14.4 Å². The molecule has 3 rings (SSSR count). The number of hydrazone groups is 1. The maximum absolute atomic E-state index is 12.2. The summed E-state index contributed by atoms with van der Waals surface area (Å²) in [7, 11) is 0. The van der Waals surface area contributed by atoms with E-state index in [-0.39, 0.29) is 12.2 Å². The van der Waals surface area contributed by atoms with Crippen molar-refractivity contribution in [2.24, 2.45) is 5.10 Å². The zero-order valence-electron chi connectivity index (χ0n) is 17.1. The molecule has 0 bridgehead atoms. The molecule has 2 N–H and O–H groups in total. The van der Waals surface area contributed by atoms with Crippen LogP contribution in [0, 0.1) is 11.3 Å². The molecule has 2 amide bonds. The molecule has 3 aromatic carbocycles. The number of carbonyl (C=O) groups excluding carboxylic acids is 3. The number of esters is 1. The minimum atomic E-state index is -0.962. The summed E-state index contributed by atoms with van der Waals surface area (Å²) in [5.74, 6) is -2.16. The van der Waals surface area contributed by atoms with Gasteiger partial charge in [-0.1, -0.05) is 41.9 Å². The number of nitriles is 1. The Hall–Kier alpha value is -4.48. The summed E-state index contributed by atoms with van der Waals surface area (Å²) in [6.45, 7) is 0. The van der Waals surface area contributed by atoms with Crippen molar-refractivity contribution in [2.75, 3.05) is 5.32 Å². The lowest BCUT2D eigenvalue weighted by atomic mass is 10.1. The molecule has 0 aliphatic heterocycles. The third-order valence-electron chi connectivity index (χ3n) is 4.21. The first kappa shape index (κ1) is 23.2. The summed E-state index contributed by atoms with van der Waals surface area (Å²) in [5.41, 5.74) is 4.17. The minimum Gasteiger partial charge on any atom is -0.423 e. The Labute approximate surface area is 194 Å². The van der Waals surface area contributed by atoms with Crippen LogP contribution in [0.2, 0.25) is 5.02 Å². The highest BCUT2D eigenvalue weighted by molar-refractivity contribution is 6.39. The quantitative estimate of drug-likeness (QED) is 0.191. The number of rotatable bonds is 6. The molecule has 0 saturated heterocycles. The molecule has 0 fully saturated rings. The second-order valence-corrected chi connectivity index (χ2v) is 7.09. The van der Waals surface area contributed by atoms with E-state index in [1.807, 2.05) is 6.07 Å². The Morgan fingerprint density at radius 1 is 1.00 bits per heavy atom. The van der Waals surface area contributed by atoms with E-state index in [2.05, 4.69) is 15.8 Å². The van der Waals surface area contributed by atoms with Gasteiger partial charge in [0.1, 0.15) is 5.75 Å². The van der Waals surface area contributed by atoms with Crippen molar-refractivity contribution in [3.8, 4) is 11.8 Å². The third-order valence-corrected chi connectivity index (χ3v) is 4.44. The van der Waals surface area contributed by atoms with Gasteiger partial charge in [-0.15, -0.1) is 0 Å². The fraction of sp³-hybridized carbons (Fsp3) is 0.0417. The Morgan fingerprint density at radius 3 is 2.48 bits per heavy atom.